The molecule has 0 unspecified atom stereocenters. The van der Waals surface area contributed by atoms with E-state index in [4.69, 9.17) is 37.7 Å². The Bertz CT molecular complexity index is 3930. The average molecular weight is 1870 g/mol. The molecule has 5 aromatic rings. The molecular weight excluding hydrogens is 1690 g/mol. The molecule has 704 valence electrons. The van der Waals surface area contributed by atoms with Crippen molar-refractivity contribution >= 4 is 44.4 Å². The smallest absolute Gasteiger partial charge is 0.492 e. The second-order valence-corrected chi connectivity index (χ2v) is 39.4. The Labute approximate surface area is 796 Å². The minimum atomic E-state index is -0.460. The van der Waals surface area contributed by atoms with E-state index >= 15 is 0 Å². The van der Waals surface area contributed by atoms with Crippen LogP contribution in [0.25, 0.3) is 0 Å². The zero-order valence-corrected chi connectivity index (χ0v) is 85.4. The van der Waals surface area contributed by atoms with Crippen molar-refractivity contribution in [2.75, 3.05) is 39.6 Å². The van der Waals surface area contributed by atoms with Crippen LogP contribution in [0.2, 0.25) is 0 Å². The number of ether oxygens (including phenoxy) is 6. The first kappa shape index (κ1) is 110. The molecule has 0 amide bonds. The number of rotatable bonds is 73. The van der Waals surface area contributed by atoms with Crippen molar-refractivity contribution in [3.05, 3.63) is 132 Å². The highest BCUT2D eigenvalue weighted by molar-refractivity contribution is 9.11. The Hall–Kier alpha value is -5.92. The molecule has 0 atom stereocenters. The highest BCUT2D eigenvalue weighted by Crippen LogP contribution is 2.38. The van der Waals surface area contributed by atoms with Gasteiger partial charge in [-0.15, -0.1) is 0 Å². The molecule has 0 aromatic heterocycles. The molecule has 1 heterocycles. The number of benzene rings is 5. The molecular formula is C116H175BBr2O8. The van der Waals surface area contributed by atoms with Crippen molar-refractivity contribution in [1.82, 2.24) is 0 Å². The lowest BCUT2D eigenvalue weighted by Crippen LogP contribution is -2.41. The summed E-state index contributed by atoms with van der Waals surface area (Å²) in [5.74, 6) is 33.3. The highest BCUT2D eigenvalue weighted by Gasteiger charge is 2.51. The molecule has 1 aliphatic rings. The Morgan fingerprint density at radius 2 is 0.394 bits per heavy atom. The third-order valence-corrected chi connectivity index (χ3v) is 26.3. The van der Waals surface area contributed by atoms with E-state index in [1.807, 2.05) is 6.07 Å². The zero-order valence-electron chi connectivity index (χ0n) is 82.3. The summed E-state index contributed by atoms with van der Waals surface area (Å²) >= 11 is 7.46. The quantitative estimate of drug-likeness (QED) is 0.0217. The van der Waals surface area contributed by atoms with Crippen molar-refractivity contribution in [2.24, 2.45) is 0 Å². The van der Waals surface area contributed by atoms with Gasteiger partial charge in [0.2, 0.25) is 0 Å². The van der Waals surface area contributed by atoms with Gasteiger partial charge in [0.15, 0.2) is 0 Å². The molecule has 0 N–H and O–H groups in total. The molecule has 6 rings (SSSR count). The predicted octanol–water partition coefficient (Wildman–Crippen LogP) is 34.9. The molecule has 5 aromatic carbocycles. The summed E-state index contributed by atoms with van der Waals surface area (Å²) in [6.45, 7) is 25.6. The normalized spacial score (nSPS) is 12.6. The summed E-state index contributed by atoms with van der Waals surface area (Å²) < 4.78 is 56.9. The van der Waals surface area contributed by atoms with Crippen molar-refractivity contribution in [1.29, 1.82) is 0 Å². The fraction of sp³-hybridized carbons (Fsp3) is 0.672. The van der Waals surface area contributed by atoms with Gasteiger partial charge in [-0.05, 0) is 102 Å². The molecule has 1 saturated heterocycles. The van der Waals surface area contributed by atoms with Gasteiger partial charge >= 0.3 is 7.12 Å². The van der Waals surface area contributed by atoms with Gasteiger partial charge < -0.3 is 37.7 Å². The van der Waals surface area contributed by atoms with Crippen molar-refractivity contribution in [3.8, 4) is 81.9 Å². The first-order valence-corrected chi connectivity index (χ1v) is 54.1. The number of hydrogen-bond donors (Lipinski definition) is 0. The molecule has 8 nitrogen and oxygen atoms in total. The van der Waals surface area contributed by atoms with Gasteiger partial charge in [-0.2, -0.15) is 0 Å². The van der Waals surface area contributed by atoms with Crippen LogP contribution in [0.5, 0.6) is 34.5 Å². The van der Waals surface area contributed by atoms with Crippen LogP contribution in [0.4, 0.5) is 0 Å². The van der Waals surface area contributed by atoms with Crippen molar-refractivity contribution in [2.45, 2.75) is 466 Å². The lowest BCUT2D eigenvalue weighted by Gasteiger charge is -2.32. The summed E-state index contributed by atoms with van der Waals surface area (Å²) in [4.78, 5) is 0. The molecule has 0 bridgehead atoms. The van der Waals surface area contributed by atoms with Crippen LogP contribution in [0.15, 0.2) is 87.8 Å². The topological polar surface area (TPSA) is 73.8 Å². The predicted molar refractivity (Wildman–Crippen MR) is 551 cm³/mol. The van der Waals surface area contributed by atoms with Crippen LogP contribution < -0.4 is 33.9 Å². The first-order chi connectivity index (χ1) is 62.2. The third kappa shape index (κ3) is 48.9. The third-order valence-electron chi connectivity index (χ3n) is 25.4. The fourth-order valence-electron chi connectivity index (χ4n) is 16.5. The van der Waals surface area contributed by atoms with Gasteiger partial charge in [-0.1, -0.05) is 480 Å². The van der Waals surface area contributed by atoms with Gasteiger partial charge in [0, 0.05) is 56.5 Å². The maximum atomic E-state index is 7.11. The molecule has 0 spiro atoms. The number of halogens is 2. The molecule has 1 aliphatic heterocycles. The summed E-state index contributed by atoms with van der Waals surface area (Å²) in [6.07, 6.45) is 74.4. The van der Waals surface area contributed by atoms with E-state index in [-0.39, 0.29) is 0 Å². The lowest BCUT2D eigenvalue weighted by atomic mass is 9.79. The van der Waals surface area contributed by atoms with E-state index in [1.165, 1.54) is 308 Å². The average Bonchev–Trinajstić information content (AvgIpc) is 1.63. The zero-order chi connectivity index (χ0) is 90.6. The van der Waals surface area contributed by atoms with E-state index < -0.39 is 18.3 Å². The highest BCUT2D eigenvalue weighted by atomic mass is 79.9. The molecule has 1 fully saturated rings. The first-order valence-electron chi connectivity index (χ1n) is 52.5. The summed E-state index contributed by atoms with van der Waals surface area (Å²) in [6, 6.07) is 27.0. The van der Waals surface area contributed by atoms with Crippen LogP contribution in [-0.2, 0) is 9.31 Å². The standard InChI is InChI=1S/C116H175BBr2O8/c1-11-17-23-29-35-41-47-53-59-65-83-120-109-93-102(111(122-85-67-61-55-49-43-37-31-25-19-13-3)91-100(109)75-71-98-73-81-106(82-74-98)117-126-115(7,8)116(9,10)127-117)77-79-104-95-114(125-88-70-64-58-52-46-40-34-28-22-16-6)105(96-113(104)124-87-69-63-57-51-45-39-33-27-21-15-5)80-78-103-94-110(121-84-66-60-54-48-42-36-30-24-18-12-2)101(76-72-99-89-107(118)97-108(119)90-99)92-112(103)123-86-68-62-56-50-44-38-32-26-20-14-4/h73-74,81-82,89-97H,11-70,83-88H2,1-10H3. The fourth-order valence-corrected chi connectivity index (χ4v) is 17.8. The number of unbranched alkanes of at least 4 members (excludes halogenated alkanes) is 54. The monoisotopic (exact) mass is 1870 g/mol. The maximum Gasteiger partial charge on any atom is 0.494 e. The van der Waals surface area contributed by atoms with E-state index in [1.54, 1.807) is 0 Å². The Kier molecular flexibility index (Phi) is 61.2. The molecule has 0 radical (unpaired) electrons. The van der Waals surface area contributed by atoms with Gasteiger partial charge in [-0.3, -0.25) is 0 Å². The Morgan fingerprint density at radius 1 is 0.220 bits per heavy atom. The van der Waals surface area contributed by atoms with E-state index in [9.17, 15) is 0 Å². The minimum Gasteiger partial charge on any atom is -0.492 e. The van der Waals surface area contributed by atoms with Crippen molar-refractivity contribution in [3.63, 3.8) is 0 Å². The van der Waals surface area contributed by atoms with Crippen LogP contribution in [0, 0.1) is 47.4 Å². The van der Waals surface area contributed by atoms with Gasteiger partial charge in [0.25, 0.3) is 0 Å². The molecule has 11 heteroatoms. The number of hydrogen-bond acceptors (Lipinski definition) is 8. The summed E-state index contributed by atoms with van der Waals surface area (Å²) in [5, 5.41) is 0. The molecule has 127 heavy (non-hydrogen) atoms. The van der Waals surface area contributed by atoms with Gasteiger partial charge in [0.05, 0.1) is 84.2 Å². The molecule has 0 aliphatic carbocycles. The van der Waals surface area contributed by atoms with Crippen LogP contribution in [0.1, 0.15) is 499 Å². The summed E-state index contributed by atoms with van der Waals surface area (Å²) in [7, 11) is -0.460. The Balaban J connectivity index is 1.50. The van der Waals surface area contributed by atoms with Crippen LogP contribution >= 0.6 is 31.9 Å². The van der Waals surface area contributed by atoms with Gasteiger partial charge in [-0.25, -0.2) is 0 Å². The second kappa shape index (κ2) is 70.8. The maximum absolute atomic E-state index is 7.11. The Morgan fingerprint density at radius 3 is 0.591 bits per heavy atom. The SMILES string of the molecule is CCCCCCCCCCCCOc1cc(C#Cc2cc(OCCCCCCCCCCCC)c(C#Cc3cc(OCCCCCCCCCCCC)c(C#Cc4cc(Br)cc(Br)c4)cc3OCCCCCCCCCCCC)cc2OCCCCCCCCCCCC)c(OCCCCCCCCCCCC)cc1C#Cc1ccc(B2OC(C)(C)C(C)(C)O2)cc1. The van der Waals surface area contributed by atoms with E-state index in [0.717, 1.165) is 136 Å². The van der Waals surface area contributed by atoms with E-state index in [2.05, 4.69) is 221 Å². The van der Waals surface area contributed by atoms with Crippen molar-refractivity contribution < 1.29 is 37.7 Å². The van der Waals surface area contributed by atoms with Gasteiger partial charge in [0.1, 0.15) is 34.5 Å². The van der Waals surface area contributed by atoms with E-state index in [0.29, 0.717) is 74.1 Å². The largest absolute Gasteiger partial charge is 0.494 e. The minimum absolute atomic E-state index is 0.442. The molecule has 0 saturated carbocycles. The lowest BCUT2D eigenvalue weighted by molar-refractivity contribution is 0.00578. The van der Waals surface area contributed by atoms with Crippen LogP contribution in [0.3, 0.4) is 0 Å². The van der Waals surface area contributed by atoms with Crippen LogP contribution in [-0.4, -0.2) is 58.0 Å². The summed E-state index contributed by atoms with van der Waals surface area (Å²) in [5.41, 5.74) is 6.38. The second-order valence-electron chi connectivity index (χ2n) is 37.6.